The molecule has 0 saturated carbocycles. The highest BCUT2D eigenvalue weighted by molar-refractivity contribution is 5.86. The van der Waals surface area contributed by atoms with E-state index in [9.17, 15) is 4.79 Å². The van der Waals surface area contributed by atoms with Gasteiger partial charge in [0.1, 0.15) is 5.60 Å². The zero-order valence-corrected chi connectivity index (χ0v) is 15.4. The minimum absolute atomic E-state index is 0.0690. The van der Waals surface area contributed by atoms with Gasteiger partial charge in [0.2, 0.25) is 0 Å². The van der Waals surface area contributed by atoms with Gasteiger partial charge in [0, 0.05) is 19.4 Å². The Morgan fingerprint density at radius 3 is 2.58 bits per heavy atom. The zero-order valence-electron chi connectivity index (χ0n) is 15.4. The molecule has 0 spiro atoms. The van der Waals surface area contributed by atoms with E-state index in [0.717, 1.165) is 0 Å². The summed E-state index contributed by atoms with van der Waals surface area (Å²) in [5, 5.41) is 0. The van der Waals surface area contributed by atoms with Crippen LogP contribution in [0.5, 0.6) is 0 Å². The Bertz CT molecular complexity index is 551. The number of hydrogen-bond donors (Lipinski definition) is 0. The van der Waals surface area contributed by atoms with Gasteiger partial charge in [-0.2, -0.15) is 0 Å². The first-order chi connectivity index (χ1) is 11.4. The van der Waals surface area contributed by atoms with Gasteiger partial charge in [0.05, 0.1) is 26.4 Å². The Morgan fingerprint density at radius 1 is 1.21 bits per heavy atom. The van der Waals surface area contributed by atoms with Crippen molar-refractivity contribution < 1.29 is 19.0 Å². The van der Waals surface area contributed by atoms with E-state index in [4.69, 9.17) is 14.2 Å². The average Bonchev–Trinajstić information content (AvgIpc) is 2.53. The molecule has 4 nitrogen and oxygen atoms in total. The topological polar surface area (TPSA) is 44.8 Å². The largest absolute Gasteiger partial charge is 0.384 e. The van der Waals surface area contributed by atoms with Crippen molar-refractivity contribution >= 4 is 5.78 Å². The lowest BCUT2D eigenvalue weighted by Crippen LogP contribution is -2.37. The molecule has 1 aliphatic rings. The molecule has 1 atom stereocenters. The third-order valence-corrected chi connectivity index (χ3v) is 4.54. The highest BCUT2D eigenvalue weighted by Crippen LogP contribution is 2.24. The molecule has 0 aliphatic heterocycles. The summed E-state index contributed by atoms with van der Waals surface area (Å²) in [6, 6.07) is 6.60. The summed E-state index contributed by atoms with van der Waals surface area (Å²) in [6.45, 7) is 7.92. The molecule has 0 radical (unpaired) electrons. The van der Waals surface area contributed by atoms with Crippen LogP contribution < -0.4 is 0 Å². The van der Waals surface area contributed by atoms with Gasteiger partial charge in [-0.05, 0) is 43.4 Å². The lowest BCUT2D eigenvalue weighted by atomic mass is 9.87. The van der Waals surface area contributed by atoms with Crippen LogP contribution in [-0.4, -0.2) is 38.3 Å². The second-order valence-corrected chi connectivity index (χ2v) is 7.21. The molecule has 24 heavy (non-hydrogen) atoms. The summed E-state index contributed by atoms with van der Waals surface area (Å²) in [6.07, 6.45) is 2.79. The van der Waals surface area contributed by atoms with Crippen molar-refractivity contribution in [2.24, 2.45) is 5.92 Å². The van der Waals surface area contributed by atoms with Gasteiger partial charge in [-0.3, -0.25) is 4.79 Å². The third-order valence-electron chi connectivity index (χ3n) is 4.54. The fraction of sp³-hybridized carbons (Fsp3) is 0.650. The first-order valence-electron chi connectivity index (χ1n) is 8.77. The van der Waals surface area contributed by atoms with Crippen molar-refractivity contribution in [3.05, 3.63) is 34.9 Å². The molecule has 0 bridgehead atoms. The Labute approximate surface area is 145 Å². The van der Waals surface area contributed by atoms with Crippen LogP contribution in [0.3, 0.4) is 0 Å². The molecule has 2 rings (SSSR count). The maximum absolute atomic E-state index is 12.1. The number of aryl methyl sites for hydroxylation is 2. The second kappa shape index (κ2) is 8.75. The van der Waals surface area contributed by atoms with E-state index in [2.05, 4.69) is 25.1 Å². The van der Waals surface area contributed by atoms with Crippen molar-refractivity contribution in [3.63, 3.8) is 0 Å². The fourth-order valence-electron chi connectivity index (χ4n) is 2.69. The number of benzene rings is 1. The number of carbonyl (C=O) groups is 1. The van der Waals surface area contributed by atoms with Crippen molar-refractivity contribution in [1.82, 2.24) is 0 Å². The summed E-state index contributed by atoms with van der Waals surface area (Å²) in [5.74, 6) is 0.311. The van der Waals surface area contributed by atoms with Crippen molar-refractivity contribution in [2.75, 3.05) is 26.9 Å². The van der Waals surface area contributed by atoms with Gasteiger partial charge in [0.25, 0.3) is 0 Å². The number of rotatable bonds is 11. The summed E-state index contributed by atoms with van der Waals surface area (Å²) >= 11 is 0. The van der Waals surface area contributed by atoms with Crippen LogP contribution >= 0.6 is 0 Å². The molecule has 0 fully saturated rings. The minimum Gasteiger partial charge on any atom is -0.384 e. The minimum atomic E-state index is -0.769. The lowest BCUT2D eigenvalue weighted by Gasteiger charge is -2.26. The molecule has 0 aromatic heterocycles. The molecule has 0 saturated heterocycles. The number of ketones is 1. The summed E-state index contributed by atoms with van der Waals surface area (Å²) < 4.78 is 16.6. The van der Waals surface area contributed by atoms with E-state index in [1.54, 1.807) is 7.11 Å². The van der Waals surface area contributed by atoms with E-state index < -0.39 is 5.60 Å². The molecular weight excluding hydrogens is 304 g/mol. The average molecular weight is 334 g/mol. The summed E-state index contributed by atoms with van der Waals surface area (Å²) in [4.78, 5) is 12.1. The summed E-state index contributed by atoms with van der Waals surface area (Å²) in [7, 11) is 1.60. The maximum Gasteiger partial charge on any atom is 0.166 e. The Hall–Kier alpha value is -1.23. The highest BCUT2D eigenvalue weighted by Gasteiger charge is 2.28. The standard InChI is InChI=1S/C20H30O4/c1-15(13-24-20(2,3)19(21)9-10-22-4)12-23-14-16-5-6-17-7-8-18(17)11-16/h5-6,11,15H,7-10,12-14H2,1-4H3. The molecule has 1 aromatic carbocycles. The molecule has 1 aliphatic carbocycles. The normalized spacial score (nSPS) is 14.8. The SMILES string of the molecule is COCCC(=O)C(C)(C)OCC(C)COCc1ccc2c(c1)CC2. The fourth-order valence-corrected chi connectivity index (χ4v) is 2.69. The quantitative estimate of drug-likeness (QED) is 0.623. The first kappa shape index (κ1) is 19.1. The van der Waals surface area contributed by atoms with Crippen LogP contribution in [0.25, 0.3) is 0 Å². The van der Waals surface area contributed by atoms with Gasteiger partial charge in [-0.1, -0.05) is 25.1 Å². The van der Waals surface area contributed by atoms with Crippen molar-refractivity contribution in [1.29, 1.82) is 0 Å². The molecule has 1 unspecified atom stereocenters. The van der Waals surface area contributed by atoms with E-state index in [1.165, 1.54) is 29.5 Å². The smallest absolute Gasteiger partial charge is 0.166 e. The van der Waals surface area contributed by atoms with E-state index in [1.807, 2.05) is 13.8 Å². The number of hydrogen-bond acceptors (Lipinski definition) is 4. The zero-order chi connectivity index (χ0) is 17.6. The molecule has 134 valence electrons. The number of Topliss-reactive ketones (excluding diaryl/α,β-unsaturated/α-hetero) is 1. The lowest BCUT2D eigenvalue weighted by molar-refractivity contribution is -0.143. The predicted molar refractivity (Wildman–Crippen MR) is 94.2 cm³/mol. The molecule has 1 aromatic rings. The number of methoxy groups -OCH3 is 1. The van der Waals surface area contributed by atoms with Crippen LogP contribution in [-0.2, 0) is 38.5 Å². The molecule has 4 heteroatoms. The van der Waals surface area contributed by atoms with Crippen molar-refractivity contribution in [2.45, 2.75) is 52.2 Å². The van der Waals surface area contributed by atoms with Gasteiger partial charge < -0.3 is 14.2 Å². The Kier molecular flexibility index (Phi) is 6.96. The van der Waals surface area contributed by atoms with Crippen LogP contribution in [0, 0.1) is 5.92 Å². The highest BCUT2D eigenvalue weighted by atomic mass is 16.5. The van der Waals surface area contributed by atoms with E-state index >= 15 is 0 Å². The molecular formula is C20H30O4. The van der Waals surface area contributed by atoms with E-state index in [-0.39, 0.29) is 11.7 Å². The van der Waals surface area contributed by atoms with Gasteiger partial charge in [-0.15, -0.1) is 0 Å². The second-order valence-electron chi connectivity index (χ2n) is 7.21. The maximum atomic E-state index is 12.1. The molecule has 0 N–H and O–H groups in total. The van der Waals surface area contributed by atoms with Crippen LogP contribution in [0.2, 0.25) is 0 Å². The van der Waals surface area contributed by atoms with E-state index in [0.29, 0.717) is 32.8 Å². The molecule has 0 heterocycles. The summed E-state index contributed by atoms with van der Waals surface area (Å²) in [5.41, 5.74) is 3.40. The first-order valence-corrected chi connectivity index (χ1v) is 8.77. The van der Waals surface area contributed by atoms with Gasteiger partial charge in [0.15, 0.2) is 5.78 Å². The number of ether oxygens (including phenoxy) is 3. The monoisotopic (exact) mass is 334 g/mol. The Morgan fingerprint density at radius 2 is 1.96 bits per heavy atom. The molecule has 0 amide bonds. The third kappa shape index (κ3) is 5.40. The van der Waals surface area contributed by atoms with Crippen molar-refractivity contribution in [3.8, 4) is 0 Å². The number of carbonyl (C=O) groups excluding carboxylic acids is 1. The number of fused-ring (bicyclic) bond motifs is 1. The van der Waals surface area contributed by atoms with Crippen LogP contribution in [0.15, 0.2) is 18.2 Å². The Balaban J connectivity index is 1.66. The predicted octanol–water partition coefficient (Wildman–Crippen LogP) is 3.34. The van der Waals surface area contributed by atoms with Gasteiger partial charge >= 0.3 is 0 Å². The van der Waals surface area contributed by atoms with Gasteiger partial charge in [-0.25, -0.2) is 0 Å². The van der Waals surface area contributed by atoms with Crippen LogP contribution in [0.4, 0.5) is 0 Å². The van der Waals surface area contributed by atoms with Crippen LogP contribution in [0.1, 0.15) is 43.9 Å².